The van der Waals surface area contributed by atoms with E-state index in [4.69, 9.17) is 21.1 Å². The Bertz CT molecular complexity index is 953. The van der Waals surface area contributed by atoms with Crippen molar-refractivity contribution in [3.05, 3.63) is 95.0 Å². The fraction of sp³-hybridized carbons (Fsp3) is 0.0870. The molecule has 142 valence electrons. The molecule has 3 aromatic carbocycles. The van der Waals surface area contributed by atoms with Crippen LogP contribution in [0, 0.1) is 0 Å². The lowest BCUT2D eigenvalue weighted by atomic mass is 10.0. The molecule has 0 aromatic heterocycles. The quantitative estimate of drug-likeness (QED) is 0.315. The summed E-state index contributed by atoms with van der Waals surface area (Å²) in [6.07, 6.45) is 1.57. The van der Waals surface area contributed by atoms with Crippen molar-refractivity contribution in [1.29, 1.82) is 0 Å². The number of hydrogen-bond donors (Lipinski definition) is 1. The monoisotopic (exact) mass is 394 g/mol. The van der Waals surface area contributed by atoms with Crippen LogP contribution in [-0.4, -0.2) is 24.3 Å². The standard InChI is InChI=1S/C23H19ClO4/c24-19-11-12-22(28-14-13-27-20-9-5-2-6-10-20)18(15-19)16-21(23(25)26)17-7-3-1-4-8-17/h1-12,15-16H,13-14H2,(H,25,26)/b21-16-. The molecule has 0 saturated carbocycles. The van der Waals surface area contributed by atoms with Gasteiger partial charge in [0.2, 0.25) is 0 Å². The van der Waals surface area contributed by atoms with Gasteiger partial charge in [0, 0.05) is 10.6 Å². The van der Waals surface area contributed by atoms with Crippen LogP contribution in [0.4, 0.5) is 0 Å². The van der Waals surface area contributed by atoms with Crippen molar-refractivity contribution in [2.75, 3.05) is 13.2 Å². The number of carbonyl (C=O) groups is 1. The third kappa shape index (κ3) is 5.38. The predicted octanol–water partition coefficient (Wildman–Crippen LogP) is 5.42. The third-order valence-corrected chi connectivity index (χ3v) is 4.17. The topological polar surface area (TPSA) is 55.8 Å². The number of benzene rings is 3. The highest BCUT2D eigenvalue weighted by Gasteiger charge is 2.12. The Labute approximate surface area is 168 Å². The maximum Gasteiger partial charge on any atom is 0.336 e. The summed E-state index contributed by atoms with van der Waals surface area (Å²) in [4.78, 5) is 11.8. The Morgan fingerprint density at radius 1 is 0.893 bits per heavy atom. The summed E-state index contributed by atoms with van der Waals surface area (Å²) in [5.74, 6) is 0.278. The number of carboxylic acids is 1. The lowest BCUT2D eigenvalue weighted by Gasteiger charge is -2.12. The number of para-hydroxylation sites is 1. The fourth-order valence-corrected chi connectivity index (χ4v) is 2.81. The Hall–Kier alpha value is -3.24. The van der Waals surface area contributed by atoms with Crippen LogP contribution in [0.3, 0.4) is 0 Å². The number of hydrogen-bond acceptors (Lipinski definition) is 3. The van der Waals surface area contributed by atoms with Crippen molar-refractivity contribution in [1.82, 2.24) is 0 Å². The van der Waals surface area contributed by atoms with Gasteiger partial charge in [0.05, 0.1) is 5.57 Å². The number of aliphatic carboxylic acids is 1. The van der Waals surface area contributed by atoms with Crippen LogP contribution in [-0.2, 0) is 4.79 Å². The Balaban J connectivity index is 1.77. The first-order valence-electron chi connectivity index (χ1n) is 8.74. The zero-order chi connectivity index (χ0) is 19.8. The van der Waals surface area contributed by atoms with E-state index < -0.39 is 5.97 Å². The van der Waals surface area contributed by atoms with Crippen molar-refractivity contribution >= 4 is 29.2 Å². The number of ether oxygens (including phenoxy) is 2. The summed E-state index contributed by atoms with van der Waals surface area (Å²) in [6, 6.07) is 23.5. The molecule has 0 bridgehead atoms. The average Bonchev–Trinajstić information content (AvgIpc) is 2.72. The minimum Gasteiger partial charge on any atom is -0.490 e. The first-order chi connectivity index (χ1) is 13.6. The first kappa shape index (κ1) is 19.5. The maximum absolute atomic E-state index is 11.8. The number of rotatable bonds is 8. The molecule has 0 atom stereocenters. The number of halogens is 1. The van der Waals surface area contributed by atoms with E-state index in [9.17, 15) is 9.90 Å². The van der Waals surface area contributed by atoms with Gasteiger partial charge in [-0.3, -0.25) is 0 Å². The van der Waals surface area contributed by atoms with Crippen molar-refractivity contribution in [3.8, 4) is 11.5 Å². The van der Waals surface area contributed by atoms with Crippen LogP contribution in [0.25, 0.3) is 11.6 Å². The molecular weight excluding hydrogens is 376 g/mol. The molecule has 0 saturated heterocycles. The van der Waals surface area contributed by atoms with Crippen LogP contribution in [0.1, 0.15) is 11.1 Å². The molecule has 0 aliphatic rings. The molecule has 0 unspecified atom stereocenters. The highest BCUT2D eigenvalue weighted by atomic mass is 35.5. The summed E-state index contributed by atoms with van der Waals surface area (Å²) < 4.78 is 11.4. The molecule has 3 aromatic rings. The van der Waals surface area contributed by atoms with Crippen molar-refractivity contribution in [2.45, 2.75) is 0 Å². The van der Waals surface area contributed by atoms with Gasteiger partial charge in [-0.15, -0.1) is 0 Å². The summed E-state index contributed by atoms with van der Waals surface area (Å²) >= 11 is 6.11. The molecule has 5 heteroatoms. The molecule has 4 nitrogen and oxygen atoms in total. The second-order valence-electron chi connectivity index (χ2n) is 5.92. The molecule has 0 heterocycles. The van der Waals surface area contributed by atoms with E-state index >= 15 is 0 Å². The minimum atomic E-state index is -1.02. The highest BCUT2D eigenvalue weighted by Crippen LogP contribution is 2.28. The fourth-order valence-electron chi connectivity index (χ4n) is 2.63. The van der Waals surface area contributed by atoms with Crippen LogP contribution in [0.5, 0.6) is 11.5 Å². The largest absolute Gasteiger partial charge is 0.490 e. The van der Waals surface area contributed by atoms with Gasteiger partial charge in [-0.1, -0.05) is 60.1 Å². The van der Waals surface area contributed by atoms with E-state index in [2.05, 4.69) is 0 Å². The molecule has 0 radical (unpaired) electrons. The van der Waals surface area contributed by atoms with Gasteiger partial charge in [0.25, 0.3) is 0 Å². The smallest absolute Gasteiger partial charge is 0.336 e. The number of carboxylic acid groups (broad SMARTS) is 1. The van der Waals surface area contributed by atoms with E-state index in [1.165, 1.54) is 0 Å². The van der Waals surface area contributed by atoms with Crippen molar-refractivity contribution in [3.63, 3.8) is 0 Å². The van der Waals surface area contributed by atoms with Gasteiger partial charge in [0.1, 0.15) is 24.7 Å². The highest BCUT2D eigenvalue weighted by molar-refractivity contribution is 6.31. The Kier molecular flexibility index (Phi) is 6.71. The minimum absolute atomic E-state index is 0.160. The second kappa shape index (κ2) is 9.62. The van der Waals surface area contributed by atoms with Gasteiger partial charge in [-0.05, 0) is 42.0 Å². The summed E-state index contributed by atoms with van der Waals surface area (Å²) in [6.45, 7) is 0.672. The second-order valence-corrected chi connectivity index (χ2v) is 6.36. The van der Waals surface area contributed by atoms with Gasteiger partial charge in [-0.25, -0.2) is 4.79 Å². The molecule has 1 N–H and O–H groups in total. The third-order valence-electron chi connectivity index (χ3n) is 3.94. The van der Waals surface area contributed by atoms with E-state index in [1.807, 2.05) is 36.4 Å². The first-order valence-corrected chi connectivity index (χ1v) is 9.12. The SMILES string of the molecule is O=C(O)/C(=C\c1cc(Cl)ccc1OCCOc1ccccc1)c1ccccc1. The molecule has 3 rings (SSSR count). The molecular formula is C23H19ClO4. The Morgan fingerprint density at radius 3 is 2.21 bits per heavy atom. The molecule has 0 amide bonds. The van der Waals surface area contributed by atoms with Gasteiger partial charge < -0.3 is 14.6 Å². The molecule has 0 fully saturated rings. The summed E-state index contributed by atoms with van der Waals surface area (Å²) in [7, 11) is 0. The zero-order valence-corrected chi connectivity index (χ0v) is 15.8. The van der Waals surface area contributed by atoms with Crippen LogP contribution in [0.15, 0.2) is 78.9 Å². The summed E-state index contributed by atoms with van der Waals surface area (Å²) in [5.41, 5.74) is 1.36. The van der Waals surface area contributed by atoms with Gasteiger partial charge in [-0.2, -0.15) is 0 Å². The van der Waals surface area contributed by atoms with E-state index in [-0.39, 0.29) is 5.57 Å². The van der Waals surface area contributed by atoms with E-state index in [0.717, 1.165) is 5.75 Å². The summed E-state index contributed by atoms with van der Waals surface area (Å²) in [5, 5.41) is 10.1. The van der Waals surface area contributed by atoms with Crippen LogP contribution in [0.2, 0.25) is 5.02 Å². The lowest BCUT2D eigenvalue weighted by Crippen LogP contribution is -2.09. The maximum atomic E-state index is 11.8. The van der Waals surface area contributed by atoms with E-state index in [1.54, 1.807) is 48.5 Å². The predicted molar refractivity (Wildman–Crippen MR) is 111 cm³/mol. The van der Waals surface area contributed by atoms with Crippen LogP contribution < -0.4 is 9.47 Å². The van der Waals surface area contributed by atoms with Crippen molar-refractivity contribution < 1.29 is 19.4 Å². The van der Waals surface area contributed by atoms with Gasteiger partial charge in [0.15, 0.2) is 0 Å². The lowest BCUT2D eigenvalue weighted by molar-refractivity contribution is -0.130. The van der Waals surface area contributed by atoms with Gasteiger partial charge >= 0.3 is 5.97 Å². The van der Waals surface area contributed by atoms with E-state index in [0.29, 0.717) is 35.1 Å². The molecule has 0 aliphatic heterocycles. The van der Waals surface area contributed by atoms with Crippen molar-refractivity contribution in [2.24, 2.45) is 0 Å². The molecule has 0 aliphatic carbocycles. The normalized spacial score (nSPS) is 11.1. The zero-order valence-electron chi connectivity index (χ0n) is 15.0. The van der Waals surface area contributed by atoms with Crippen LogP contribution >= 0.6 is 11.6 Å². The molecule has 28 heavy (non-hydrogen) atoms. The molecule has 0 spiro atoms. The average molecular weight is 395 g/mol. The Morgan fingerprint density at radius 2 is 1.54 bits per heavy atom.